The van der Waals surface area contributed by atoms with Gasteiger partial charge in [-0.25, -0.2) is 0 Å². The van der Waals surface area contributed by atoms with Crippen LogP contribution >= 0.6 is 0 Å². The molecule has 1 fully saturated rings. The van der Waals surface area contributed by atoms with E-state index in [9.17, 15) is 5.11 Å². The fourth-order valence-corrected chi connectivity index (χ4v) is 3.26. The zero-order chi connectivity index (χ0) is 18.4. The lowest BCUT2D eigenvalue weighted by Gasteiger charge is -2.34. The highest BCUT2D eigenvalue weighted by atomic mass is 16.5. The number of ether oxygens (including phenoxy) is 2. The van der Waals surface area contributed by atoms with Crippen LogP contribution in [0, 0.1) is 6.92 Å². The lowest BCUT2D eigenvalue weighted by molar-refractivity contribution is -0.0632. The molecule has 0 aliphatic carbocycles. The smallest absolute Gasteiger partial charge is 0.0900 e. The molecule has 1 N–H and O–H groups in total. The summed E-state index contributed by atoms with van der Waals surface area (Å²) in [6.07, 6.45) is 3.45. The molecule has 142 valence electrons. The van der Waals surface area contributed by atoms with E-state index in [0.717, 1.165) is 30.8 Å². The van der Waals surface area contributed by atoms with Crippen molar-refractivity contribution >= 4 is 0 Å². The summed E-state index contributed by atoms with van der Waals surface area (Å²) >= 11 is 0. The molecule has 2 heterocycles. The molecule has 26 heavy (non-hydrogen) atoms. The molecule has 6 heteroatoms. The van der Waals surface area contributed by atoms with E-state index in [2.05, 4.69) is 10.00 Å². The molecule has 0 spiro atoms. The van der Waals surface area contributed by atoms with Gasteiger partial charge in [-0.15, -0.1) is 0 Å². The Morgan fingerprint density at radius 3 is 2.88 bits per heavy atom. The predicted octanol–water partition coefficient (Wildman–Crippen LogP) is 2.03. The maximum atomic E-state index is 10.4. The van der Waals surface area contributed by atoms with E-state index in [4.69, 9.17) is 9.47 Å². The number of benzene rings is 1. The molecule has 2 aromatic rings. The number of aliphatic hydroxyl groups is 1. The third-order valence-electron chi connectivity index (χ3n) is 4.65. The van der Waals surface area contributed by atoms with Crippen LogP contribution < -0.4 is 0 Å². The monoisotopic (exact) mass is 359 g/mol. The van der Waals surface area contributed by atoms with Crippen LogP contribution in [0.25, 0.3) is 0 Å². The largest absolute Gasteiger partial charge is 0.389 e. The van der Waals surface area contributed by atoms with Crippen LogP contribution in [0.4, 0.5) is 0 Å². The maximum Gasteiger partial charge on any atom is 0.0900 e. The fraction of sp³-hybridized carbons (Fsp3) is 0.550. The van der Waals surface area contributed by atoms with Gasteiger partial charge in [-0.05, 0) is 25.0 Å². The molecule has 6 nitrogen and oxygen atoms in total. The molecule has 3 unspecified atom stereocenters. The molecule has 1 aromatic heterocycles. The molecule has 3 atom stereocenters. The maximum absolute atomic E-state index is 10.4. The summed E-state index contributed by atoms with van der Waals surface area (Å²) in [6, 6.07) is 10.1. The highest BCUT2D eigenvalue weighted by Gasteiger charge is 2.23. The summed E-state index contributed by atoms with van der Waals surface area (Å²) in [4.78, 5) is 2.24. The molecule has 0 radical (unpaired) electrons. The van der Waals surface area contributed by atoms with Gasteiger partial charge in [-0.1, -0.05) is 30.3 Å². The summed E-state index contributed by atoms with van der Waals surface area (Å²) in [5.74, 6) is 0. The predicted molar refractivity (Wildman–Crippen MR) is 100.0 cm³/mol. The van der Waals surface area contributed by atoms with Crippen molar-refractivity contribution in [2.45, 2.75) is 38.7 Å². The Labute approximate surface area is 155 Å². The molecule has 1 aliphatic heterocycles. The van der Waals surface area contributed by atoms with E-state index < -0.39 is 6.10 Å². The SMILES string of the molecule is Cc1cnn(CC2CN(CC(O)COC(C)c3ccccc3)CCO2)c1. The average Bonchev–Trinajstić information content (AvgIpc) is 3.05. The van der Waals surface area contributed by atoms with E-state index >= 15 is 0 Å². The van der Waals surface area contributed by atoms with Gasteiger partial charge in [-0.3, -0.25) is 9.58 Å². The number of rotatable bonds is 8. The van der Waals surface area contributed by atoms with Gasteiger partial charge < -0.3 is 14.6 Å². The Hall–Kier alpha value is -1.73. The number of nitrogens with zero attached hydrogens (tertiary/aromatic N) is 3. The second kappa shape index (κ2) is 9.28. The van der Waals surface area contributed by atoms with Crippen molar-refractivity contribution in [3.63, 3.8) is 0 Å². The number of aryl methyl sites for hydroxylation is 1. The first-order valence-electron chi connectivity index (χ1n) is 9.28. The van der Waals surface area contributed by atoms with Crippen molar-refractivity contribution in [3.8, 4) is 0 Å². The number of hydrogen-bond donors (Lipinski definition) is 1. The van der Waals surface area contributed by atoms with Crippen LogP contribution in [-0.2, 0) is 16.0 Å². The lowest BCUT2D eigenvalue weighted by atomic mass is 10.1. The summed E-state index contributed by atoms with van der Waals surface area (Å²) in [5, 5.41) is 14.7. The van der Waals surface area contributed by atoms with Gasteiger partial charge in [0, 0.05) is 25.8 Å². The Morgan fingerprint density at radius 2 is 2.15 bits per heavy atom. The minimum Gasteiger partial charge on any atom is -0.389 e. The van der Waals surface area contributed by atoms with Crippen LogP contribution in [-0.4, -0.2) is 64.8 Å². The molecule has 0 amide bonds. The van der Waals surface area contributed by atoms with Crippen molar-refractivity contribution < 1.29 is 14.6 Å². The van der Waals surface area contributed by atoms with E-state index in [1.54, 1.807) is 0 Å². The van der Waals surface area contributed by atoms with Crippen LogP contribution in [0.5, 0.6) is 0 Å². The quantitative estimate of drug-likeness (QED) is 0.782. The Bertz CT molecular complexity index is 661. The van der Waals surface area contributed by atoms with Crippen LogP contribution in [0.3, 0.4) is 0 Å². The van der Waals surface area contributed by atoms with E-state index in [0.29, 0.717) is 19.8 Å². The highest BCUT2D eigenvalue weighted by Crippen LogP contribution is 2.16. The van der Waals surface area contributed by atoms with Crippen LogP contribution in [0.1, 0.15) is 24.2 Å². The van der Waals surface area contributed by atoms with Crippen LogP contribution in [0.15, 0.2) is 42.7 Å². The number of morpholine rings is 1. The van der Waals surface area contributed by atoms with E-state index in [-0.39, 0.29) is 12.2 Å². The standard InChI is InChI=1S/C20H29N3O3/c1-16-10-21-23(11-16)14-20-13-22(8-9-25-20)12-19(24)15-26-17(2)18-6-4-3-5-7-18/h3-7,10-11,17,19-20,24H,8-9,12-15H2,1-2H3. The number of β-amino-alcohol motifs (C(OH)–C–C–N with tert-alkyl or cyclic N) is 1. The van der Waals surface area contributed by atoms with Gasteiger partial charge in [0.1, 0.15) is 0 Å². The second-order valence-corrected chi connectivity index (χ2v) is 7.03. The Morgan fingerprint density at radius 1 is 1.35 bits per heavy atom. The van der Waals surface area contributed by atoms with Gasteiger partial charge in [0.15, 0.2) is 0 Å². The Kier molecular flexibility index (Phi) is 6.80. The molecule has 1 saturated heterocycles. The molecule has 3 rings (SSSR count). The summed E-state index contributed by atoms with van der Waals surface area (Å²) < 4.78 is 13.6. The minimum absolute atomic E-state index is 0.0219. The fourth-order valence-electron chi connectivity index (χ4n) is 3.26. The normalized spacial score (nSPS) is 20.8. The first-order chi connectivity index (χ1) is 12.6. The molecule has 1 aromatic carbocycles. The molecule has 1 aliphatic rings. The molecular formula is C20H29N3O3. The third kappa shape index (κ3) is 5.64. The number of aliphatic hydroxyl groups excluding tert-OH is 1. The van der Waals surface area contributed by atoms with E-state index in [1.165, 1.54) is 0 Å². The first-order valence-corrected chi connectivity index (χ1v) is 9.28. The van der Waals surface area contributed by atoms with Gasteiger partial charge in [0.2, 0.25) is 0 Å². The van der Waals surface area contributed by atoms with Gasteiger partial charge in [0.05, 0.1) is 44.3 Å². The highest BCUT2D eigenvalue weighted by molar-refractivity contribution is 5.16. The lowest BCUT2D eigenvalue weighted by Crippen LogP contribution is -2.47. The van der Waals surface area contributed by atoms with Crippen LogP contribution in [0.2, 0.25) is 0 Å². The van der Waals surface area contributed by atoms with Gasteiger partial charge >= 0.3 is 0 Å². The van der Waals surface area contributed by atoms with Gasteiger partial charge in [-0.2, -0.15) is 5.10 Å². The van der Waals surface area contributed by atoms with Gasteiger partial charge in [0.25, 0.3) is 0 Å². The number of hydrogen-bond acceptors (Lipinski definition) is 5. The number of aromatic nitrogens is 2. The minimum atomic E-state index is -0.508. The topological polar surface area (TPSA) is 59.8 Å². The zero-order valence-corrected chi connectivity index (χ0v) is 15.6. The van der Waals surface area contributed by atoms with Crippen molar-refractivity contribution in [3.05, 3.63) is 53.9 Å². The van der Waals surface area contributed by atoms with Crippen molar-refractivity contribution in [1.29, 1.82) is 0 Å². The van der Waals surface area contributed by atoms with Crippen molar-refractivity contribution in [2.75, 3.05) is 32.8 Å². The molecule has 0 bridgehead atoms. The molecular weight excluding hydrogens is 330 g/mol. The molecule has 0 saturated carbocycles. The third-order valence-corrected chi connectivity index (χ3v) is 4.65. The Balaban J connectivity index is 1.41. The zero-order valence-electron chi connectivity index (χ0n) is 15.6. The second-order valence-electron chi connectivity index (χ2n) is 7.03. The van der Waals surface area contributed by atoms with Crippen molar-refractivity contribution in [2.24, 2.45) is 0 Å². The van der Waals surface area contributed by atoms with Crippen molar-refractivity contribution in [1.82, 2.24) is 14.7 Å². The summed E-state index contributed by atoms with van der Waals surface area (Å²) in [5.41, 5.74) is 2.28. The average molecular weight is 359 g/mol. The first kappa shape index (κ1) is 19.0. The summed E-state index contributed by atoms with van der Waals surface area (Å²) in [6.45, 7) is 8.02. The van der Waals surface area contributed by atoms with E-state index in [1.807, 2.05) is 61.3 Å². The summed E-state index contributed by atoms with van der Waals surface area (Å²) in [7, 11) is 0.